The maximum absolute atomic E-state index is 13.1. The summed E-state index contributed by atoms with van der Waals surface area (Å²) in [6, 6.07) is 6.84. The summed E-state index contributed by atoms with van der Waals surface area (Å²) in [6.45, 7) is 1.19. The molecule has 0 bridgehead atoms. The van der Waals surface area contributed by atoms with Crippen LogP contribution in [0.1, 0.15) is 11.1 Å². The lowest BCUT2D eigenvalue weighted by Gasteiger charge is -2.21. The average molecular weight is 386 g/mol. The maximum Gasteiger partial charge on any atom is 0.418 e. The van der Waals surface area contributed by atoms with Crippen LogP contribution in [0.5, 0.6) is 5.75 Å². The normalized spacial score (nSPS) is 14.2. The zero-order valence-electron chi connectivity index (χ0n) is 13.3. The molecule has 138 valence electrons. The van der Waals surface area contributed by atoms with Crippen molar-refractivity contribution in [2.75, 3.05) is 16.6 Å². The molecule has 0 aromatic heterocycles. The highest BCUT2D eigenvalue weighted by Gasteiger charge is 2.34. The third-order valence-electron chi connectivity index (χ3n) is 3.68. The number of para-hydroxylation sites is 1. The Balaban J connectivity index is 2.02. The number of halogens is 3. The van der Waals surface area contributed by atoms with Crippen molar-refractivity contribution in [1.29, 1.82) is 0 Å². The molecule has 0 saturated heterocycles. The number of ether oxygens (including phenoxy) is 1. The van der Waals surface area contributed by atoms with Crippen molar-refractivity contribution in [3.8, 4) is 5.75 Å². The van der Waals surface area contributed by atoms with Crippen molar-refractivity contribution < 1.29 is 31.1 Å². The van der Waals surface area contributed by atoms with Crippen LogP contribution < -0.4 is 14.8 Å². The molecule has 2 aromatic rings. The van der Waals surface area contributed by atoms with Gasteiger partial charge >= 0.3 is 6.18 Å². The van der Waals surface area contributed by atoms with Crippen LogP contribution in [0.2, 0.25) is 0 Å². The van der Waals surface area contributed by atoms with E-state index >= 15 is 0 Å². The van der Waals surface area contributed by atoms with Gasteiger partial charge in [0.2, 0.25) is 0 Å². The van der Waals surface area contributed by atoms with Gasteiger partial charge < -0.3 is 10.1 Å². The zero-order valence-corrected chi connectivity index (χ0v) is 14.2. The Kier molecular flexibility index (Phi) is 4.31. The molecule has 0 atom stereocenters. The summed E-state index contributed by atoms with van der Waals surface area (Å²) >= 11 is 0. The number of fused-ring (bicyclic) bond motifs is 1. The Labute approximate surface area is 147 Å². The quantitative estimate of drug-likeness (QED) is 0.849. The summed E-state index contributed by atoms with van der Waals surface area (Å²) in [7, 11) is -4.32. The van der Waals surface area contributed by atoms with E-state index in [0.29, 0.717) is 5.69 Å². The minimum Gasteiger partial charge on any atom is -0.482 e. The zero-order chi connectivity index (χ0) is 19.1. The number of carbonyl (C=O) groups is 1. The number of benzene rings is 2. The molecule has 1 aliphatic heterocycles. The second-order valence-corrected chi connectivity index (χ2v) is 7.25. The molecule has 2 N–H and O–H groups in total. The lowest BCUT2D eigenvalue weighted by molar-refractivity contribution is -0.136. The number of aryl methyl sites for hydroxylation is 1. The van der Waals surface area contributed by atoms with E-state index in [-0.39, 0.29) is 28.7 Å². The first-order chi connectivity index (χ1) is 12.1. The Morgan fingerprint density at radius 1 is 1.19 bits per heavy atom. The van der Waals surface area contributed by atoms with Crippen LogP contribution in [0, 0.1) is 6.92 Å². The molecule has 0 fully saturated rings. The summed E-state index contributed by atoms with van der Waals surface area (Å²) in [6.07, 6.45) is -4.71. The van der Waals surface area contributed by atoms with Gasteiger partial charge in [-0.1, -0.05) is 12.1 Å². The van der Waals surface area contributed by atoms with Crippen molar-refractivity contribution in [2.24, 2.45) is 0 Å². The molecule has 1 heterocycles. The van der Waals surface area contributed by atoms with Crippen LogP contribution in [0.25, 0.3) is 0 Å². The van der Waals surface area contributed by atoms with Gasteiger partial charge in [0.1, 0.15) is 5.75 Å². The largest absolute Gasteiger partial charge is 0.482 e. The molecular weight excluding hydrogens is 373 g/mol. The Bertz CT molecular complexity index is 987. The minimum absolute atomic E-state index is 0.125. The molecule has 26 heavy (non-hydrogen) atoms. The molecule has 0 unspecified atom stereocenters. The topological polar surface area (TPSA) is 84.5 Å². The fourth-order valence-electron chi connectivity index (χ4n) is 2.52. The first-order valence-corrected chi connectivity index (χ1v) is 8.82. The van der Waals surface area contributed by atoms with Gasteiger partial charge in [0, 0.05) is 6.07 Å². The molecular formula is C16H13F3N2O4S. The molecule has 0 radical (unpaired) electrons. The maximum atomic E-state index is 13.1. The standard InChI is InChI=1S/C16H13F3N2O4S/c1-9-6-12-13(25-8-15(22)20-12)7-14(9)26(23,24)21-11-5-3-2-4-10(11)16(17,18)19/h2-7,21H,8H2,1H3,(H,20,22). The van der Waals surface area contributed by atoms with Crippen LogP contribution in [0.15, 0.2) is 41.3 Å². The Morgan fingerprint density at radius 2 is 1.88 bits per heavy atom. The van der Waals surface area contributed by atoms with Crippen LogP contribution in [0.4, 0.5) is 24.5 Å². The molecule has 1 aliphatic rings. The van der Waals surface area contributed by atoms with E-state index in [9.17, 15) is 26.4 Å². The molecule has 1 amide bonds. The van der Waals surface area contributed by atoms with E-state index in [2.05, 4.69) is 5.32 Å². The number of nitrogens with one attached hydrogen (secondary N) is 2. The second-order valence-electron chi connectivity index (χ2n) is 5.60. The number of alkyl halides is 3. The fraction of sp³-hybridized carbons (Fsp3) is 0.188. The summed E-state index contributed by atoms with van der Waals surface area (Å²) in [5.41, 5.74) is -1.13. The van der Waals surface area contributed by atoms with E-state index in [4.69, 9.17) is 4.74 Å². The predicted molar refractivity (Wildman–Crippen MR) is 87.6 cm³/mol. The fourth-order valence-corrected chi connectivity index (χ4v) is 3.85. The number of amides is 1. The van der Waals surface area contributed by atoms with Crippen LogP contribution in [-0.2, 0) is 21.0 Å². The van der Waals surface area contributed by atoms with Crippen molar-refractivity contribution in [1.82, 2.24) is 0 Å². The second kappa shape index (κ2) is 6.20. The predicted octanol–water partition coefficient (Wildman–Crippen LogP) is 3.15. The number of carbonyl (C=O) groups excluding carboxylic acids is 1. The third-order valence-corrected chi connectivity index (χ3v) is 5.18. The highest BCUT2D eigenvalue weighted by atomic mass is 32.2. The average Bonchev–Trinajstić information content (AvgIpc) is 2.53. The monoisotopic (exact) mass is 386 g/mol. The lowest BCUT2D eigenvalue weighted by atomic mass is 10.2. The summed E-state index contributed by atoms with van der Waals surface area (Å²) < 4.78 is 71.6. The Hall–Kier alpha value is -2.75. The highest BCUT2D eigenvalue weighted by molar-refractivity contribution is 7.92. The number of anilines is 2. The van der Waals surface area contributed by atoms with Gasteiger partial charge in [-0.2, -0.15) is 13.2 Å². The van der Waals surface area contributed by atoms with Crippen molar-refractivity contribution in [3.05, 3.63) is 47.5 Å². The van der Waals surface area contributed by atoms with E-state index in [0.717, 1.165) is 12.1 Å². The van der Waals surface area contributed by atoms with E-state index in [1.54, 1.807) is 0 Å². The molecule has 0 spiro atoms. The number of sulfonamides is 1. The summed E-state index contributed by atoms with van der Waals surface area (Å²) in [4.78, 5) is 11.1. The van der Waals surface area contributed by atoms with Gasteiger partial charge in [0.05, 0.1) is 21.8 Å². The molecule has 3 rings (SSSR count). The molecule has 0 saturated carbocycles. The van der Waals surface area contributed by atoms with Crippen LogP contribution in [0.3, 0.4) is 0 Å². The van der Waals surface area contributed by atoms with E-state index in [1.807, 2.05) is 4.72 Å². The molecule has 6 nitrogen and oxygen atoms in total. The van der Waals surface area contributed by atoms with Gasteiger partial charge in [-0.05, 0) is 30.7 Å². The van der Waals surface area contributed by atoms with Gasteiger partial charge in [-0.3, -0.25) is 9.52 Å². The van der Waals surface area contributed by atoms with E-state index in [1.165, 1.54) is 31.2 Å². The van der Waals surface area contributed by atoms with Gasteiger partial charge in [0.25, 0.3) is 15.9 Å². The number of hydrogen-bond donors (Lipinski definition) is 2. The van der Waals surface area contributed by atoms with Crippen LogP contribution >= 0.6 is 0 Å². The number of rotatable bonds is 3. The first-order valence-electron chi connectivity index (χ1n) is 7.34. The van der Waals surface area contributed by atoms with E-state index < -0.39 is 27.5 Å². The Morgan fingerprint density at radius 3 is 2.58 bits per heavy atom. The third kappa shape index (κ3) is 3.45. The van der Waals surface area contributed by atoms with Crippen molar-refractivity contribution >= 4 is 27.3 Å². The van der Waals surface area contributed by atoms with Crippen molar-refractivity contribution in [2.45, 2.75) is 18.0 Å². The van der Waals surface area contributed by atoms with Crippen LogP contribution in [-0.4, -0.2) is 20.9 Å². The highest BCUT2D eigenvalue weighted by Crippen LogP contribution is 2.37. The van der Waals surface area contributed by atoms with Crippen molar-refractivity contribution in [3.63, 3.8) is 0 Å². The molecule has 2 aromatic carbocycles. The molecule has 10 heteroatoms. The smallest absolute Gasteiger partial charge is 0.418 e. The lowest BCUT2D eigenvalue weighted by Crippen LogP contribution is -2.26. The summed E-state index contributed by atoms with van der Waals surface area (Å²) in [5, 5.41) is 2.53. The minimum atomic E-state index is -4.71. The SMILES string of the molecule is Cc1cc2c(cc1S(=O)(=O)Nc1ccccc1C(F)(F)F)OCC(=O)N2. The van der Waals surface area contributed by atoms with Gasteiger partial charge in [-0.25, -0.2) is 8.42 Å². The molecule has 0 aliphatic carbocycles. The summed E-state index contributed by atoms with van der Waals surface area (Å²) in [5.74, 6) is -0.260. The van der Waals surface area contributed by atoms with Gasteiger partial charge in [0.15, 0.2) is 6.61 Å². The first kappa shape index (κ1) is 18.1. The number of hydrogen-bond acceptors (Lipinski definition) is 4. The van der Waals surface area contributed by atoms with Gasteiger partial charge in [-0.15, -0.1) is 0 Å².